The van der Waals surface area contributed by atoms with E-state index in [-0.39, 0.29) is 24.8 Å². The Morgan fingerprint density at radius 3 is 2.38 bits per heavy atom. The van der Waals surface area contributed by atoms with Gasteiger partial charge in [-0.1, -0.05) is 17.7 Å². The van der Waals surface area contributed by atoms with Crippen molar-refractivity contribution in [3.8, 4) is 0 Å². The van der Waals surface area contributed by atoms with Crippen molar-refractivity contribution in [1.29, 1.82) is 0 Å². The maximum atomic E-state index is 12.7. The van der Waals surface area contributed by atoms with Crippen molar-refractivity contribution < 1.29 is 9.59 Å². The highest BCUT2D eigenvalue weighted by Gasteiger charge is 2.28. The van der Waals surface area contributed by atoms with Crippen LogP contribution in [0.25, 0.3) is 0 Å². The van der Waals surface area contributed by atoms with E-state index in [1.165, 1.54) is 12.8 Å². The summed E-state index contributed by atoms with van der Waals surface area (Å²) in [5, 5.41) is 2.86. The third kappa shape index (κ3) is 4.22. The maximum Gasteiger partial charge on any atom is 0.238 e. The van der Waals surface area contributed by atoms with Crippen molar-refractivity contribution in [1.82, 2.24) is 9.47 Å². The Hall–Kier alpha value is -2.40. The van der Waals surface area contributed by atoms with E-state index in [0.717, 1.165) is 28.2 Å². The molecule has 1 fully saturated rings. The molecular formula is C21H27N3O2. The third-order valence-electron chi connectivity index (χ3n) is 4.86. The van der Waals surface area contributed by atoms with Crippen molar-refractivity contribution >= 4 is 17.4 Å². The van der Waals surface area contributed by atoms with Gasteiger partial charge in [0.15, 0.2) is 5.78 Å². The predicted molar refractivity (Wildman–Crippen MR) is 104 cm³/mol. The molecule has 1 aliphatic rings. The van der Waals surface area contributed by atoms with Gasteiger partial charge in [-0.15, -0.1) is 0 Å². The molecule has 0 radical (unpaired) electrons. The summed E-state index contributed by atoms with van der Waals surface area (Å²) in [6, 6.07) is 10.2. The molecule has 0 unspecified atom stereocenters. The van der Waals surface area contributed by atoms with Gasteiger partial charge in [-0.25, -0.2) is 0 Å². The van der Waals surface area contributed by atoms with Gasteiger partial charge < -0.3 is 9.88 Å². The summed E-state index contributed by atoms with van der Waals surface area (Å²) >= 11 is 0. The second-order valence-corrected chi connectivity index (χ2v) is 7.40. The van der Waals surface area contributed by atoms with Crippen LogP contribution in [-0.2, 0) is 4.79 Å². The largest absolute Gasteiger partial charge is 0.345 e. The highest BCUT2D eigenvalue weighted by Crippen LogP contribution is 2.38. The van der Waals surface area contributed by atoms with Crippen LogP contribution in [0.4, 0.5) is 5.69 Å². The van der Waals surface area contributed by atoms with Gasteiger partial charge in [0.2, 0.25) is 5.91 Å². The number of hydrogen-bond donors (Lipinski definition) is 1. The molecule has 26 heavy (non-hydrogen) atoms. The van der Waals surface area contributed by atoms with Gasteiger partial charge in [0.05, 0.1) is 13.1 Å². The first-order chi connectivity index (χ1) is 12.3. The Balaban J connectivity index is 1.56. The van der Waals surface area contributed by atoms with E-state index in [1.54, 1.807) is 11.9 Å². The summed E-state index contributed by atoms with van der Waals surface area (Å²) < 4.78 is 2.28. The molecule has 1 aromatic carbocycles. The van der Waals surface area contributed by atoms with Crippen LogP contribution in [0.5, 0.6) is 0 Å². The summed E-state index contributed by atoms with van der Waals surface area (Å²) in [4.78, 5) is 26.6. The van der Waals surface area contributed by atoms with E-state index in [0.29, 0.717) is 6.04 Å². The Morgan fingerprint density at radius 1 is 1.12 bits per heavy atom. The number of ketones is 1. The van der Waals surface area contributed by atoms with Crippen LogP contribution >= 0.6 is 0 Å². The molecule has 1 saturated carbocycles. The van der Waals surface area contributed by atoms with E-state index in [4.69, 9.17) is 0 Å². The van der Waals surface area contributed by atoms with Gasteiger partial charge in [-0.3, -0.25) is 14.5 Å². The first-order valence-electron chi connectivity index (χ1n) is 9.12. The molecule has 5 nitrogen and oxygen atoms in total. The minimum Gasteiger partial charge on any atom is -0.345 e. The number of aryl methyl sites for hydroxylation is 2. The van der Waals surface area contributed by atoms with Gasteiger partial charge >= 0.3 is 0 Å². The van der Waals surface area contributed by atoms with Gasteiger partial charge in [0.25, 0.3) is 0 Å². The van der Waals surface area contributed by atoms with E-state index in [1.807, 2.05) is 44.2 Å². The fraction of sp³-hybridized carbons (Fsp3) is 0.429. The van der Waals surface area contributed by atoms with Crippen LogP contribution in [-0.4, -0.2) is 41.3 Å². The second-order valence-electron chi connectivity index (χ2n) is 7.40. The Bertz CT molecular complexity index is 817. The lowest BCUT2D eigenvalue weighted by atomic mass is 10.1. The third-order valence-corrected chi connectivity index (χ3v) is 4.86. The van der Waals surface area contributed by atoms with Crippen molar-refractivity contribution in [3.63, 3.8) is 0 Å². The number of carbonyl (C=O) groups excluding carboxylic acids is 2. The minimum absolute atomic E-state index is 0.0654. The van der Waals surface area contributed by atoms with Gasteiger partial charge in [0.1, 0.15) is 0 Å². The van der Waals surface area contributed by atoms with Crippen LogP contribution < -0.4 is 5.32 Å². The highest BCUT2D eigenvalue weighted by atomic mass is 16.2. The molecule has 1 N–H and O–H groups in total. The fourth-order valence-electron chi connectivity index (χ4n) is 3.42. The van der Waals surface area contributed by atoms with Crippen molar-refractivity contribution in [2.24, 2.45) is 0 Å². The molecule has 1 heterocycles. The van der Waals surface area contributed by atoms with E-state index in [2.05, 4.69) is 16.8 Å². The number of nitrogens with zero attached hydrogens (tertiary/aromatic N) is 2. The van der Waals surface area contributed by atoms with E-state index >= 15 is 0 Å². The molecular weight excluding hydrogens is 326 g/mol. The molecule has 0 saturated heterocycles. The number of anilines is 1. The zero-order chi connectivity index (χ0) is 18.8. The smallest absolute Gasteiger partial charge is 0.238 e. The zero-order valence-corrected chi connectivity index (χ0v) is 16.0. The number of carbonyl (C=O) groups is 2. The van der Waals surface area contributed by atoms with Crippen LogP contribution in [0.2, 0.25) is 0 Å². The Labute approximate surface area is 155 Å². The molecule has 138 valence electrons. The number of hydrogen-bond acceptors (Lipinski definition) is 3. The summed E-state index contributed by atoms with van der Waals surface area (Å²) in [6.07, 6.45) is 2.39. The number of nitrogens with one attached hydrogen (secondary N) is 1. The van der Waals surface area contributed by atoms with Gasteiger partial charge in [0, 0.05) is 28.7 Å². The van der Waals surface area contributed by atoms with Crippen molar-refractivity contribution in [2.45, 2.75) is 39.7 Å². The average Bonchev–Trinajstić information content (AvgIpc) is 3.34. The van der Waals surface area contributed by atoms with E-state index in [9.17, 15) is 9.59 Å². The Morgan fingerprint density at radius 2 is 1.77 bits per heavy atom. The topological polar surface area (TPSA) is 54.3 Å². The van der Waals surface area contributed by atoms with Crippen molar-refractivity contribution in [3.05, 3.63) is 52.8 Å². The minimum atomic E-state index is -0.118. The summed E-state index contributed by atoms with van der Waals surface area (Å²) in [6.45, 7) is 6.49. The second kappa shape index (κ2) is 7.46. The molecule has 3 rings (SSSR count). The van der Waals surface area contributed by atoms with Crippen LogP contribution in [0, 0.1) is 20.8 Å². The molecule has 0 bridgehead atoms. The first-order valence-corrected chi connectivity index (χ1v) is 9.12. The predicted octanol–water partition coefficient (Wildman–Crippen LogP) is 3.50. The molecule has 1 aliphatic carbocycles. The molecule has 5 heteroatoms. The number of rotatable bonds is 7. The van der Waals surface area contributed by atoms with Gasteiger partial charge in [-0.05, 0) is 58.9 Å². The van der Waals surface area contributed by atoms with E-state index < -0.39 is 0 Å². The monoisotopic (exact) mass is 353 g/mol. The molecule has 0 aliphatic heterocycles. The van der Waals surface area contributed by atoms with Crippen LogP contribution in [0.3, 0.4) is 0 Å². The lowest BCUT2D eigenvalue weighted by Gasteiger charge is -2.16. The summed E-state index contributed by atoms with van der Waals surface area (Å²) in [7, 11) is 1.80. The fourth-order valence-corrected chi connectivity index (χ4v) is 3.42. The summed E-state index contributed by atoms with van der Waals surface area (Å²) in [5.41, 5.74) is 4.89. The number of aromatic nitrogens is 1. The molecule has 0 atom stereocenters. The number of likely N-dealkylation sites (N-methyl/N-ethyl adjacent to an activating group) is 1. The summed E-state index contributed by atoms with van der Waals surface area (Å²) in [5.74, 6) is -0.0526. The normalized spacial score (nSPS) is 13.9. The number of benzene rings is 1. The van der Waals surface area contributed by atoms with Crippen molar-refractivity contribution in [2.75, 3.05) is 25.5 Å². The number of Topliss-reactive ketones (excluding diaryl/α,β-unsaturated/α-hetero) is 1. The standard InChI is InChI=1S/C21H27N3O2/c1-14-5-7-17(8-6-14)22-21(26)13-23(4)12-20(25)19-11-15(2)24(16(19)3)18-9-10-18/h5-8,11,18H,9-10,12-13H2,1-4H3,(H,22,26). The zero-order valence-electron chi connectivity index (χ0n) is 16.0. The molecule has 1 aromatic heterocycles. The first kappa shape index (κ1) is 18.4. The van der Waals surface area contributed by atoms with Gasteiger partial charge in [-0.2, -0.15) is 0 Å². The van der Waals surface area contributed by atoms with Crippen LogP contribution in [0.1, 0.15) is 46.2 Å². The maximum absolute atomic E-state index is 12.7. The molecule has 1 amide bonds. The van der Waals surface area contributed by atoms with Crippen LogP contribution in [0.15, 0.2) is 30.3 Å². The average molecular weight is 353 g/mol. The lowest BCUT2D eigenvalue weighted by Crippen LogP contribution is -2.34. The Kier molecular flexibility index (Phi) is 5.28. The highest BCUT2D eigenvalue weighted by molar-refractivity contribution is 5.99. The quantitative estimate of drug-likeness (QED) is 0.775. The number of amides is 1. The molecule has 0 spiro atoms. The molecule has 2 aromatic rings. The lowest BCUT2D eigenvalue weighted by molar-refractivity contribution is -0.116. The SMILES string of the molecule is Cc1ccc(NC(=O)CN(C)CC(=O)c2cc(C)n(C3CC3)c2C)cc1.